The molecule has 7 heteroatoms. The van der Waals surface area contributed by atoms with Crippen molar-refractivity contribution in [3.8, 4) is 11.8 Å². The van der Waals surface area contributed by atoms with Crippen LogP contribution in [0.1, 0.15) is 20.8 Å². The third-order valence-corrected chi connectivity index (χ3v) is 4.09. The van der Waals surface area contributed by atoms with Crippen molar-refractivity contribution < 1.29 is 9.53 Å². The summed E-state index contributed by atoms with van der Waals surface area (Å²) >= 11 is 1.08. The predicted molar refractivity (Wildman–Crippen MR) is 82.3 cm³/mol. The number of methoxy groups -OCH3 is 1. The van der Waals surface area contributed by atoms with Crippen molar-refractivity contribution in [2.45, 2.75) is 6.54 Å². The number of hydrogen-bond donors (Lipinski definition) is 3. The zero-order valence-corrected chi connectivity index (χ0v) is 12.2. The summed E-state index contributed by atoms with van der Waals surface area (Å²) in [6.45, 7) is 0.441. The van der Waals surface area contributed by atoms with Crippen molar-refractivity contribution in [2.24, 2.45) is 5.73 Å². The Morgan fingerprint density at radius 2 is 2.19 bits per heavy atom. The fourth-order valence-corrected chi connectivity index (χ4v) is 2.81. The minimum atomic E-state index is -0.639. The van der Waals surface area contributed by atoms with Gasteiger partial charge in [0.05, 0.1) is 12.8 Å². The van der Waals surface area contributed by atoms with Crippen molar-refractivity contribution in [2.75, 3.05) is 18.2 Å². The molecular weight excluding hydrogens is 288 g/mol. The number of nitrogen functional groups attached to an aromatic ring is 1. The molecule has 0 aliphatic heterocycles. The molecule has 21 heavy (non-hydrogen) atoms. The third kappa shape index (κ3) is 2.90. The van der Waals surface area contributed by atoms with E-state index in [0.717, 1.165) is 22.6 Å². The van der Waals surface area contributed by atoms with E-state index in [4.69, 9.17) is 21.5 Å². The van der Waals surface area contributed by atoms with Gasteiger partial charge in [-0.1, -0.05) is 18.2 Å². The van der Waals surface area contributed by atoms with Gasteiger partial charge >= 0.3 is 0 Å². The molecule has 0 aliphatic carbocycles. The maximum atomic E-state index is 11.3. The van der Waals surface area contributed by atoms with Crippen molar-refractivity contribution >= 4 is 27.9 Å². The van der Waals surface area contributed by atoms with E-state index in [1.165, 1.54) is 0 Å². The Kier molecular flexibility index (Phi) is 4.30. The number of nitrogens with one attached hydrogen (secondary N) is 1. The summed E-state index contributed by atoms with van der Waals surface area (Å²) in [6, 6.07) is 9.51. The lowest BCUT2D eigenvalue weighted by atomic mass is 10.2. The largest absolute Gasteiger partial charge is 0.496 e. The average Bonchev–Trinajstić information content (AvgIpc) is 2.81. The van der Waals surface area contributed by atoms with Gasteiger partial charge in [-0.15, -0.1) is 11.3 Å². The molecule has 0 unspecified atom stereocenters. The van der Waals surface area contributed by atoms with E-state index in [9.17, 15) is 4.79 Å². The Hall–Kier alpha value is -2.72. The van der Waals surface area contributed by atoms with E-state index in [2.05, 4.69) is 5.32 Å². The first-order valence-corrected chi connectivity index (χ1v) is 6.88. The summed E-state index contributed by atoms with van der Waals surface area (Å²) in [5.41, 5.74) is 12.3. The van der Waals surface area contributed by atoms with Crippen LogP contribution in [-0.2, 0) is 6.54 Å². The SMILES string of the molecule is COc1ccccc1CNc1sc(C(N)=O)c(N)c1C#N. The molecule has 0 fully saturated rings. The molecule has 2 rings (SSSR count). The molecule has 5 N–H and O–H groups in total. The number of ether oxygens (including phenoxy) is 1. The number of carbonyl (C=O) groups is 1. The first-order valence-electron chi connectivity index (χ1n) is 6.06. The number of carbonyl (C=O) groups excluding carboxylic acids is 1. The number of para-hydroxylation sites is 1. The lowest BCUT2D eigenvalue weighted by Gasteiger charge is -2.09. The monoisotopic (exact) mass is 302 g/mol. The highest BCUT2D eigenvalue weighted by Crippen LogP contribution is 2.35. The van der Waals surface area contributed by atoms with Gasteiger partial charge in [0.25, 0.3) is 5.91 Å². The number of thiophene rings is 1. The van der Waals surface area contributed by atoms with Gasteiger partial charge in [0.1, 0.15) is 27.3 Å². The van der Waals surface area contributed by atoms with Gasteiger partial charge in [-0.05, 0) is 6.07 Å². The number of nitriles is 1. The number of nitrogens with two attached hydrogens (primary N) is 2. The highest BCUT2D eigenvalue weighted by molar-refractivity contribution is 7.18. The summed E-state index contributed by atoms with van der Waals surface area (Å²) in [7, 11) is 1.59. The van der Waals surface area contributed by atoms with Crippen LogP contribution >= 0.6 is 11.3 Å². The average molecular weight is 302 g/mol. The minimum Gasteiger partial charge on any atom is -0.496 e. The third-order valence-electron chi connectivity index (χ3n) is 2.91. The number of benzene rings is 1. The molecule has 0 saturated heterocycles. The Morgan fingerprint density at radius 1 is 1.48 bits per heavy atom. The van der Waals surface area contributed by atoms with Gasteiger partial charge in [0.15, 0.2) is 0 Å². The maximum absolute atomic E-state index is 11.3. The van der Waals surface area contributed by atoms with Crippen LogP contribution in [0.15, 0.2) is 24.3 Å². The second-order valence-corrected chi connectivity index (χ2v) is 5.21. The molecule has 0 aliphatic rings. The summed E-state index contributed by atoms with van der Waals surface area (Å²) in [6.07, 6.45) is 0. The number of anilines is 2. The highest BCUT2D eigenvalue weighted by Gasteiger charge is 2.19. The van der Waals surface area contributed by atoms with E-state index in [-0.39, 0.29) is 16.1 Å². The van der Waals surface area contributed by atoms with E-state index in [0.29, 0.717) is 11.5 Å². The van der Waals surface area contributed by atoms with Gasteiger partial charge in [-0.25, -0.2) is 0 Å². The molecule has 108 valence electrons. The lowest BCUT2D eigenvalue weighted by molar-refractivity contribution is 0.100. The number of primary amides is 1. The van der Waals surface area contributed by atoms with Crippen molar-refractivity contribution in [1.82, 2.24) is 0 Å². The van der Waals surface area contributed by atoms with Gasteiger partial charge in [-0.2, -0.15) is 5.26 Å². The molecule has 1 heterocycles. The molecule has 1 aromatic carbocycles. The second-order valence-electron chi connectivity index (χ2n) is 4.19. The van der Waals surface area contributed by atoms with Crippen LogP contribution in [0.3, 0.4) is 0 Å². The van der Waals surface area contributed by atoms with Crippen LogP contribution in [0.5, 0.6) is 5.75 Å². The van der Waals surface area contributed by atoms with E-state index >= 15 is 0 Å². The normalized spacial score (nSPS) is 9.90. The molecular formula is C14H14N4O2S. The van der Waals surface area contributed by atoms with Crippen LogP contribution < -0.4 is 21.5 Å². The van der Waals surface area contributed by atoms with Crippen LogP contribution in [0.25, 0.3) is 0 Å². The number of rotatable bonds is 5. The number of hydrogen-bond acceptors (Lipinski definition) is 6. The van der Waals surface area contributed by atoms with E-state index < -0.39 is 5.91 Å². The molecule has 0 saturated carbocycles. The molecule has 0 spiro atoms. The summed E-state index contributed by atoms with van der Waals surface area (Å²) in [5, 5.41) is 12.8. The maximum Gasteiger partial charge on any atom is 0.261 e. The zero-order valence-electron chi connectivity index (χ0n) is 11.3. The van der Waals surface area contributed by atoms with E-state index in [1.54, 1.807) is 7.11 Å². The molecule has 1 aromatic heterocycles. The van der Waals surface area contributed by atoms with Crippen LogP contribution in [-0.4, -0.2) is 13.0 Å². The predicted octanol–water partition coefficient (Wildman–Crippen LogP) is 1.92. The van der Waals surface area contributed by atoms with E-state index in [1.807, 2.05) is 30.3 Å². The molecule has 1 amide bonds. The highest BCUT2D eigenvalue weighted by atomic mass is 32.1. The summed E-state index contributed by atoms with van der Waals surface area (Å²) < 4.78 is 5.26. The van der Waals surface area contributed by atoms with Crippen molar-refractivity contribution in [3.63, 3.8) is 0 Å². The number of amides is 1. The molecule has 6 nitrogen and oxygen atoms in total. The fourth-order valence-electron chi connectivity index (χ4n) is 1.89. The van der Waals surface area contributed by atoms with Gasteiger partial charge in [0, 0.05) is 12.1 Å². The Bertz CT molecular complexity index is 718. The van der Waals surface area contributed by atoms with Gasteiger partial charge in [0.2, 0.25) is 0 Å². The van der Waals surface area contributed by atoms with Crippen LogP contribution in [0, 0.1) is 11.3 Å². The Balaban J connectivity index is 2.26. The first kappa shape index (κ1) is 14.7. The number of nitrogens with zero attached hydrogens (tertiary/aromatic N) is 1. The quantitative estimate of drug-likeness (QED) is 0.780. The molecule has 0 radical (unpaired) electrons. The summed E-state index contributed by atoms with van der Waals surface area (Å²) in [5.74, 6) is 0.0995. The standard InChI is InChI=1S/C14H14N4O2S/c1-20-10-5-3-2-4-8(10)7-18-14-9(6-15)11(16)12(21-14)13(17)19/h2-5,18H,7,16H2,1H3,(H2,17,19). The molecule has 0 bridgehead atoms. The zero-order chi connectivity index (χ0) is 15.4. The lowest BCUT2D eigenvalue weighted by Crippen LogP contribution is -2.10. The van der Waals surface area contributed by atoms with Crippen LogP contribution in [0.4, 0.5) is 10.7 Å². The summed E-state index contributed by atoms with van der Waals surface area (Å²) in [4.78, 5) is 11.5. The molecule has 0 atom stereocenters. The Morgan fingerprint density at radius 3 is 2.81 bits per heavy atom. The Labute approximate surface area is 125 Å². The van der Waals surface area contributed by atoms with Gasteiger partial charge < -0.3 is 21.5 Å². The first-order chi connectivity index (χ1) is 10.1. The second kappa shape index (κ2) is 6.15. The van der Waals surface area contributed by atoms with Crippen molar-refractivity contribution in [3.05, 3.63) is 40.3 Å². The van der Waals surface area contributed by atoms with Gasteiger partial charge in [-0.3, -0.25) is 4.79 Å². The minimum absolute atomic E-state index is 0.123. The van der Waals surface area contributed by atoms with Crippen molar-refractivity contribution in [1.29, 1.82) is 5.26 Å². The van der Waals surface area contributed by atoms with Crippen LogP contribution in [0.2, 0.25) is 0 Å². The molecule has 2 aromatic rings. The fraction of sp³-hybridized carbons (Fsp3) is 0.143. The topological polar surface area (TPSA) is 114 Å². The smallest absolute Gasteiger partial charge is 0.261 e.